The number of hydrogen-bond donors (Lipinski definition) is 2. The first-order chi connectivity index (χ1) is 8.01. The number of urea groups is 1. The lowest BCUT2D eigenvalue weighted by atomic mass is 10.3. The second-order valence-electron chi connectivity index (χ2n) is 4.36. The van der Waals surface area contributed by atoms with Crippen LogP contribution in [0, 0.1) is 0 Å². The van der Waals surface area contributed by atoms with E-state index in [0.717, 1.165) is 25.9 Å². The highest BCUT2D eigenvalue weighted by Crippen LogP contribution is 1.94. The van der Waals surface area contributed by atoms with Gasteiger partial charge in [0.2, 0.25) is 5.91 Å². The van der Waals surface area contributed by atoms with Crippen LogP contribution in [0.2, 0.25) is 0 Å². The second kappa shape index (κ2) is 8.84. The Morgan fingerprint density at radius 1 is 1.12 bits per heavy atom. The summed E-state index contributed by atoms with van der Waals surface area (Å²) in [7, 11) is 0. The fourth-order valence-electron chi connectivity index (χ4n) is 1.48. The Morgan fingerprint density at radius 2 is 1.65 bits per heavy atom. The highest BCUT2D eigenvalue weighted by atomic mass is 16.2. The summed E-state index contributed by atoms with van der Waals surface area (Å²) >= 11 is 0. The lowest BCUT2D eigenvalue weighted by Gasteiger charge is -2.21. The van der Waals surface area contributed by atoms with Crippen molar-refractivity contribution in [3.63, 3.8) is 0 Å². The number of carbonyl (C=O) groups is 2. The minimum atomic E-state index is -0.290. The maximum absolute atomic E-state index is 11.8. The number of hydrogen-bond acceptors (Lipinski definition) is 2. The van der Waals surface area contributed by atoms with Crippen LogP contribution in [-0.2, 0) is 4.79 Å². The molecule has 0 rings (SSSR count). The van der Waals surface area contributed by atoms with Crippen molar-refractivity contribution in [3.8, 4) is 0 Å². The van der Waals surface area contributed by atoms with Gasteiger partial charge in [-0.25, -0.2) is 4.79 Å². The van der Waals surface area contributed by atoms with Crippen LogP contribution < -0.4 is 10.6 Å². The predicted molar refractivity (Wildman–Crippen MR) is 68.8 cm³/mol. The minimum Gasteiger partial charge on any atom is -0.341 e. The molecule has 0 aromatic rings. The van der Waals surface area contributed by atoms with Gasteiger partial charge >= 0.3 is 6.03 Å². The Kier molecular flexibility index (Phi) is 8.19. The van der Waals surface area contributed by atoms with Gasteiger partial charge in [0.25, 0.3) is 0 Å². The van der Waals surface area contributed by atoms with E-state index in [1.54, 1.807) is 4.90 Å². The van der Waals surface area contributed by atoms with Gasteiger partial charge in [0.05, 0.1) is 6.54 Å². The normalized spacial score (nSPS) is 10.2. The molecule has 5 heteroatoms. The molecule has 0 aliphatic carbocycles. The summed E-state index contributed by atoms with van der Waals surface area (Å²) in [5, 5.41) is 5.25. The smallest absolute Gasteiger partial charge is 0.315 e. The van der Waals surface area contributed by atoms with Gasteiger partial charge in [0, 0.05) is 19.1 Å². The van der Waals surface area contributed by atoms with Crippen LogP contribution >= 0.6 is 0 Å². The zero-order valence-electron chi connectivity index (χ0n) is 11.4. The first-order valence-corrected chi connectivity index (χ1v) is 6.33. The van der Waals surface area contributed by atoms with Crippen molar-refractivity contribution < 1.29 is 9.59 Å². The van der Waals surface area contributed by atoms with E-state index in [9.17, 15) is 9.59 Å². The SMILES string of the molecule is CCCN(CCC)C(=O)CNC(=O)NC(C)C. The molecule has 0 aromatic heterocycles. The van der Waals surface area contributed by atoms with Crippen LogP contribution in [0.3, 0.4) is 0 Å². The third-order valence-corrected chi connectivity index (χ3v) is 2.16. The van der Waals surface area contributed by atoms with Crippen molar-refractivity contribution in [3.05, 3.63) is 0 Å². The summed E-state index contributed by atoms with van der Waals surface area (Å²) in [6.45, 7) is 9.40. The molecule has 0 saturated carbocycles. The zero-order valence-corrected chi connectivity index (χ0v) is 11.4. The Morgan fingerprint density at radius 3 is 2.06 bits per heavy atom. The molecular formula is C12H25N3O2. The van der Waals surface area contributed by atoms with E-state index in [4.69, 9.17) is 0 Å². The van der Waals surface area contributed by atoms with Gasteiger partial charge in [-0.15, -0.1) is 0 Å². The Hall–Kier alpha value is -1.26. The van der Waals surface area contributed by atoms with Crippen molar-refractivity contribution in [1.29, 1.82) is 0 Å². The average molecular weight is 243 g/mol. The predicted octanol–water partition coefficient (Wildman–Crippen LogP) is 1.34. The molecule has 0 aromatic carbocycles. The first-order valence-electron chi connectivity index (χ1n) is 6.33. The number of carbonyl (C=O) groups excluding carboxylic acids is 2. The van der Waals surface area contributed by atoms with Crippen molar-refractivity contribution in [1.82, 2.24) is 15.5 Å². The molecule has 0 bridgehead atoms. The van der Waals surface area contributed by atoms with E-state index in [0.29, 0.717) is 0 Å². The van der Waals surface area contributed by atoms with Gasteiger partial charge in [-0.1, -0.05) is 13.8 Å². The van der Waals surface area contributed by atoms with Crippen molar-refractivity contribution >= 4 is 11.9 Å². The molecule has 100 valence electrons. The number of nitrogens with zero attached hydrogens (tertiary/aromatic N) is 1. The molecule has 0 unspecified atom stereocenters. The van der Waals surface area contributed by atoms with Crippen molar-refractivity contribution in [2.75, 3.05) is 19.6 Å². The molecule has 0 aliphatic rings. The summed E-state index contributed by atoms with van der Waals surface area (Å²) in [5.74, 6) is -0.0207. The standard InChI is InChI=1S/C12H25N3O2/c1-5-7-15(8-6-2)11(16)9-13-12(17)14-10(3)4/h10H,5-9H2,1-4H3,(H2,13,14,17). The molecule has 2 N–H and O–H groups in total. The van der Waals surface area contributed by atoms with Crippen LogP contribution in [0.15, 0.2) is 0 Å². The number of nitrogens with one attached hydrogen (secondary N) is 2. The van der Waals surface area contributed by atoms with Crippen LogP contribution in [0.25, 0.3) is 0 Å². The lowest BCUT2D eigenvalue weighted by molar-refractivity contribution is -0.130. The fourth-order valence-corrected chi connectivity index (χ4v) is 1.48. The van der Waals surface area contributed by atoms with Gasteiger partial charge in [0.15, 0.2) is 0 Å². The molecule has 5 nitrogen and oxygen atoms in total. The molecule has 0 atom stereocenters. The summed E-state index contributed by atoms with van der Waals surface area (Å²) in [6, 6.07) is -0.214. The van der Waals surface area contributed by atoms with Crippen LogP contribution in [0.4, 0.5) is 4.79 Å². The van der Waals surface area contributed by atoms with E-state index in [-0.39, 0.29) is 24.5 Å². The molecule has 3 amide bonds. The monoisotopic (exact) mass is 243 g/mol. The van der Waals surface area contributed by atoms with Crippen molar-refractivity contribution in [2.45, 2.75) is 46.6 Å². The largest absolute Gasteiger partial charge is 0.341 e. The molecule has 0 fully saturated rings. The van der Waals surface area contributed by atoms with E-state index < -0.39 is 0 Å². The molecule has 0 radical (unpaired) electrons. The van der Waals surface area contributed by atoms with Crippen LogP contribution in [0.1, 0.15) is 40.5 Å². The van der Waals surface area contributed by atoms with Gasteiger partial charge in [0.1, 0.15) is 0 Å². The third kappa shape index (κ3) is 7.60. The molecule has 0 saturated heterocycles. The van der Waals surface area contributed by atoms with Crippen LogP contribution in [-0.4, -0.2) is 42.5 Å². The molecule has 0 heterocycles. The maximum atomic E-state index is 11.8. The Bertz CT molecular complexity index is 236. The number of amides is 3. The van der Waals surface area contributed by atoms with Gasteiger partial charge in [-0.05, 0) is 26.7 Å². The maximum Gasteiger partial charge on any atom is 0.315 e. The highest BCUT2D eigenvalue weighted by molar-refractivity contribution is 5.84. The summed E-state index contributed by atoms with van der Waals surface area (Å²) < 4.78 is 0. The van der Waals surface area contributed by atoms with E-state index in [1.165, 1.54) is 0 Å². The molecule has 17 heavy (non-hydrogen) atoms. The summed E-state index contributed by atoms with van der Waals surface area (Å²) in [4.78, 5) is 24.9. The fraction of sp³-hybridized carbons (Fsp3) is 0.833. The zero-order chi connectivity index (χ0) is 13.3. The number of rotatable bonds is 7. The molecule has 0 spiro atoms. The minimum absolute atomic E-state index is 0.0207. The Balaban J connectivity index is 4.00. The summed E-state index contributed by atoms with van der Waals surface area (Å²) in [5.41, 5.74) is 0. The van der Waals surface area contributed by atoms with E-state index in [1.807, 2.05) is 27.7 Å². The van der Waals surface area contributed by atoms with Gasteiger partial charge < -0.3 is 15.5 Å². The Labute approximate surface area is 104 Å². The molecular weight excluding hydrogens is 218 g/mol. The topological polar surface area (TPSA) is 61.4 Å². The highest BCUT2D eigenvalue weighted by Gasteiger charge is 2.12. The first kappa shape index (κ1) is 15.7. The van der Waals surface area contributed by atoms with E-state index >= 15 is 0 Å². The van der Waals surface area contributed by atoms with Crippen molar-refractivity contribution in [2.24, 2.45) is 0 Å². The van der Waals surface area contributed by atoms with Gasteiger partial charge in [-0.3, -0.25) is 4.79 Å². The lowest BCUT2D eigenvalue weighted by Crippen LogP contribution is -2.45. The average Bonchev–Trinajstić information content (AvgIpc) is 2.24. The van der Waals surface area contributed by atoms with E-state index in [2.05, 4.69) is 10.6 Å². The van der Waals surface area contributed by atoms with Crippen LogP contribution in [0.5, 0.6) is 0 Å². The third-order valence-electron chi connectivity index (χ3n) is 2.16. The summed E-state index contributed by atoms with van der Waals surface area (Å²) in [6.07, 6.45) is 1.87. The molecule has 0 aliphatic heterocycles. The quantitative estimate of drug-likeness (QED) is 0.709. The second-order valence-corrected chi connectivity index (χ2v) is 4.36. The van der Waals surface area contributed by atoms with Gasteiger partial charge in [-0.2, -0.15) is 0 Å².